The van der Waals surface area contributed by atoms with Gasteiger partial charge < -0.3 is 14.3 Å². The van der Waals surface area contributed by atoms with E-state index in [0.29, 0.717) is 12.4 Å². The molecule has 1 aromatic heterocycles. The Labute approximate surface area is 161 Å². The summed E-state index contributed by atoms with van der Waals surface area (Å²) in [6.07, 6.45) is 0. The van der Waals surface area contributed by atoms with Gasteiger partial charge in [-0.1, -0.05) is 38.1 Å². The van der Waals surface area contributed by atoms with Crippen LogP contribution in [0.5, 0.6) is 0 Å². The first-order valence-corrected chi connectivity index (χ1v) is 9.66. The number of aromatic nitrogens is 1. The summed E-state index contributed by atoms with van der Waals surface area (Å²) < 4.78 is 5.25. The summed E-state index contributed by atoms with van der Waals surface area (Å²) in [7, 11) is 0. The van der Waals surface area contributed by atoms with Crippen LogP contribution in [0.2, 0.25) is 0 Å². The number of carbonyl (C=O) groups excluding carboxylic acids is 1. The van der Waals surface area contributed by atoms with Crippen molar-refractivity contribution in [2.45, 2.75) is 40.0 Å². The van der Waals surface area contributed by atoms with Crippen LogP contribution in [0.15, 0.2) is 28.8 Å². The average Bonchev–Trinajstić information content (AvgIpc) is 3.07. The lowest BCUT2D eigenvalue weighted by atomic mass is 9.92. The number of carbonyl (C=O) groups is 1. The molecule has 2 aromatic rings. The van der Waals surface area contributed by atoms with Crippen molar-refractivity contribution in [3.63, 3.8) is 0 Å². The zero-order valence-corrected chi connectivity index (χ0v) is 17.1. The van der Waals surface area contributed by atoms with E-state index >= 15 is 0 Å². The molecule has 0 bridgehead atoms. The fourth-order valence-corrected chi connectivity index (χ4v) is 3.42. The zero-order valence-electron chi connectivity index (χ0n) is 17.1. The molecule has 0 spiro atoms. The van der Waals surface area contributed by atoms with Gasteiger partial charge in [0.15, 0.2) is 6.54 Å². The summed E-state index contributed by atoms with van der Waals surface area (Å²) in [5, 5.41) is 6.88. The van der Waals surface area contributed by atoms with Crippen molar-refractivity contribution in [3.8, 4) is 0 Å². The molecule has 1 aromatic carbocycles. The van der Waals surface area contributed by atoms with E-state index in [1.807, 2.05) is 6.07 Å². The smallest absolute Gasteiger partial charge is 0.281 e. The highest BCUT2D eigenvalue weighted by Gasteiger charge is 2.24. The van der Waals surface area contributed by atoms with Crippen LogP contribution < -0.4 is 15.1 Å². The van der Waals surface area contributed by atoms with E-state index in [1.54, 1.807) is 0 Å². The van der Waals surface area contributed by atoms with Crippen molar-refractivity contribution in [1.29, 1.82) is 0 Å². The topological polar surface area (TPSA) is 62.8 Å². The molecule has 1 aliphatic heterocycles. The molecule has 1 aliphatic rings. The zero-order chi connectivity index (χ0) is 19.6. The molecule has 1 amide bonds. The molecule has 1 saturated heterocycles. The Balaban J connectivity index is 1.51. The van der Waals surface area contributed by atoms with E-state index in [1.165, 1.54) is 21.7 Å². The van der Waals surface area contributed by atoms with Crippen molar-refractivity contribution >= 4 is 17.5 Å². The van der Waals surface area contributed by atoms with Crippen molar-refractivity contribution < 1.29 is 14.2 Å². The summed E-state index contributed by atoms with van der Waals surface area (Å²) in [6.45, 7) is 14.8. The first-order chi connectivity index (χ1) is 12.7. The number of benzene rings is 1. The predicted octanol–water partition coefficient (Wildman–Crippen LogP) is 1.93. The maximum absolute atomic E-state index is 12.4. The third kappa shape index (κ3) is 4.69. The first-order valence-electron chi connectivity index (χ1n) is 9.66. The molecule has 0 atom stereocenters. The van der Waals surface area contributed by atoms with E-state index in [0.717, 1.165) is 31.9 Å². The molecule has 2 N–H and O–H groups in total. The number of amides is 1. The van der Waals surface area contributed by atoms with Gasteiger partial charge in [-0.05, 0) is 31.0 Å². The van der Waals surface area contributed by atoms with Crippen LogP contribution >= 0.6 is 0 Å². The van der Waals surface area contributed by atoms with Crippen LogP contribution in [-0.2, 0) is 10.2 Å². The second kappa shape index (κ2) is 7.72. The largest absolute Gasteiger partial charge is 0.360 e. The summed E-state index contributed by atoms with van der Waals surface area (Å²) in [5.74, 6) is 0.403. The fraction of sp³-hybridized carbons (Fsp3) is 0.524. The molecule has 0 aliphatic carbocycles. The Morgan fingerprint density at radius 3 is 2.59 bits per heavy atom. The Kier molecular flexibility index (Phi) is 5.56. The molecule has 0 saturated carbocycles. The Morgan fingerprint density at radius 2 is 1.96 bits per heavy atom. The predicted molar refractivity (Wildman–Crippen MR) is 108 cm³/mol. The van der Waals surface area contributed by atoms with Crippen LogP contribution in [0.1, 0.15) is 37.6 Å². The third-order valence-corrected chi connectivity index (χ3v) is 5.34. The van der Waals surface area contributed by atoms with Gasteiger partial charge in [0.05, 0.1) is 31.9 Å². The summed E-state index contributed by atoms with van der Waals surface area (Å²) >= 11 is 0. The van der Waals surface area contributed by atoms with Crippen molar-refractivity contribution in [2.24, 2.45) is 0 Å². The number of nitrogens with zero attached hydrogens (tertiary/aromatic N) is 2. The van der Waals surface area contributed by atoms with Gasteiger partial charge in [-0.15, -0.1) is 0 Å². The lowest BCUT2D eigenvalue weighted by molar-refractivity contribution is -0.892. The number of nitrogens with one attached hydrogen (secondary N) is 2. The van der Waals surface area contributed by atoms with Crippen molar-refractivity contribution in [1.82, 2.24) is 5.16 Å². The molecule has 27 heavy (non-hydrogen) atoms. The minimum absolute atomic E-state index is 0.0261. The molecule has 6 heteroatoms. The Hall–Kier alpha value is -2.34. The van der Waals surface area contributed by atoms with E-state index in [4.69, 9.17) is 4.52 Å². The number of hydrogen-bond acceptors (Lipinski definition) is 4. The number of aryl methyl sites for hydroxylation is 1. The lowest BCUT2D eigenvalue weighted by Gasteiger charge is -2.34. The monoisotopic (exact) mass is 371 g/mol. The van der Waals surface area contributed by atoms with E-state index in [9.17, 15) is 4.79 Å². The molecule has 2 heterocycles. The van der Waals surface area contributed by atoms with Gasteiger partial charge in [-0.3, -0.25) is 10.1 Å². The van der Waals surface area contributed by atoms with E-state index in [-0.39, 0.29) is 11.3 Å². The average molecular weight is 372 g/mol. The van der Waals surface area contributed by atoms with Crippen molar-refractivity contribution in [3.05, 3.63) is 41.1 Å². The van der Waals surface area contributed by atoms with Crippen LogP contribution in [0.25, 0.3) is 0 Å². The Bertz CT molecular complexity index is 799. The van der Waals surface area contributed by atoms with Crippen LogP contribution in [0, 0.1) is 13.8 Å². The highest BCUT2D eigenvalue weighted by atomic mass is 16.5. The van der Waals surface area contributed by atoms with Gasteiger partial charge >= 0.3 is 0 Å². The van der Waals surface area contributed by atoms with Crippen LogP contribution in [0.4, 0.5) is 11.6 Å². The molecule has 0 unspecified atom stereocenters. The molecular weight excluding hydrogens is 340 g/mol. The quantitative estimate of drug-likeness (QED) is 0.862. The van der Waals surface area contributed by atoms with Gasteiger partial charge in [0.2, 0.25) is 5.88 Å². The summed E-state index contributed by atoms with van der Waals surface area (Å²) in [5.41, 5.74) is 4.73. The second-order valence-corrected chi connectivity index (χ2v) is 8.51. The first kappa shape index (κ1) is 19.4. The maximum Gasteiger partial charge on any atom is 0.281 e. The van der Waals surface area contributed by atoms with Gasteiger partial charge in [0.1, 0.15) is 0 Å². The van der Waals surface area contributed by atoms with Gasteiger partial charge in [0.25, 0.3) is 5.91 Å². The molecule has 1 fully saturated rings. The SMILES string of the molecule is Cc1cccc(N2CC[NH+](CC(=O)Nc3cc(C(C)(C)C)no3)CC2)c1C. The maximum atomic E-state index is 12.4. The molecule has 0 radical (unpaired) electrons. The van der Waals surface area contributed by atoms with Gasteiger partial charge in [0, 0.05) is 17.2 Å². The van der Waals surface area contributed by atoms with E-state index in [2.05, 4.69) is 68.2 Å². The van der Waals surface area contributed by atoms with Gasteiger partial charge in [-0.25, -0.2) is 0 Å². The molecular formula is C21H31N4O2+. The minimum Gasteiger partial charge on any atom is -0.360 e. The molecule has 6 nitrogen and oxygen atoms in total. The van der Waals surface area contributed by atoms with Crippen LogP contribution in [-0.4, -0.2) is 43.8 Å². The normalized spacial score (nSPS) is 15.8. The van der Waals surface area contributed by atoms with E-state index < -0.39 is 0 Å². The number of piperazine rings is 1. The highest BCUT2D eigenvalue weighted by Crippen LogP contribution is 2.24. The van der Waals surface area contributed by atoms with Crippen molar-refractivity contribution in [2.75, 3.05) is 42.9 Å². The Morgan fingerprint density at radius 1 is 1.26 bits per heavy atom. The summed E-state index contributed by atoms with van der Waals surface area (Å²) in [6, 6.07) is 8.27. The molecule has 3 rings (SSSR count). The lowest BCUT2D eigenvalue weighted by Crippen LogP contribution is -3.15. The summed E-state index contributed by atoms with van der Waals surface area (Å²) in [4.78, 5) is 16.1. The standard InChI is InChI=1S/C21H30N4O2/c1-15-7-6-8-17(16(15)2)25-11-9-24(10-12-25)14-19(26)22-20-13-18(23-27-20)21(3,4)5/h6-8,13H,9-12,14H2,1-5H3,(H,22,26)/p+1. The second-order valence-electron chi connectivity index (χ2n) is 8.51. The number of rotatable bonds is 4. The number of quaternary nitrogens is 1. The number of hydrogen-bond donors (Lipinski definition) is 2. The fourth-order valence-electron chi connectivity index (χ4n) is 3.42. The third-order valence-electron chi connectivity index (χ3n) is 5.34. The highest BCUT2D eigenvalue weighted by molar-refractivity contribution is 5.90. The molecule has 146 valence electrons. The minimum atomic E-state index is -0.0953. The number of anilines is 2. The van der Waals surface area contributed by atoms with Gasteiger partial charge in [-0.2, -0.15) is 0 Å². The van der Waals surface area contributed by atoms with Crippen LogP contribution in [0.3, 0.4) is 0 Å².